The maximum Gasteiger partial charge on any atom is 0.0829 e. The molecule has 0 aromatic rings. The molecule has 0 N–H and O–H groups in total. The van der Waals surface area contributed by atoms with Crippen molar-refractivity contribution in [2.45, 2.75) is 13.0 Å². The predicted octanol–water partition coefficient (Wildman–Crippen LogP) is 1.03. The standard InChI is InChI=1S/C10H21BrN2O/c1-3-13(5-4-11)9-10-8-12(2)6-7-14-10/h10H,3-9H2,1-2H3. The summed E-state index contributed by atoms with van der Waals surface area (Å²) in [5.74, 6) is 0. The third-order valence-electron chi connectivity index (χ3n) is 2.65. The van der Waals surface area contributed by atoms with E-state index in [0.29, 0.717) is 6.10 Å². The Morgan fingerprint density at radius 2 is 2.36 bits per heavy atom. The average Bonchev–Trinajstić information content (AvgIpc) is 2.17. The number of alkyl halides is 1. The second-order valence-corrected chi connectivity index (χ2v) is 4.63. The minimum Gasteiger partial charge on any atom is -0.374 e. The van der Waals surface area contributed by atoms with Gasteiger partial charge in [0.15, 0.2) is 0 Å². The van der Waals surface area contributed by atoms with Crippen molar-refractivity contribution >= 4 is 15.9 Å². The largest absolute Gasteiger partial charge is 0.374 e. The van der Waals surface area contributed by atoms with Gasteiger partial charge in [-0.05, 0) is 13.6 Å². The SMILES string of the molecule is CCN(CCBr)CC1CN(C)CCO1. The summed E-state index contributed by atoms with van der Waals surface area (Å²) in [7, 11) is 2.16. The van der Waals surface area contributed by atoms with Crippen molar-refractivity contribution in [3.05, 3.63) is 0 Å². The Bertz CT molecular complexity index is 157. The quantitative estimate of drug-likeness (QED) is 0.691. The first-order chi connectivity index (χ1) is 6.76. The minimum absolute atomic E-state index is 0.396. The van der Waals surface area contributed by atoms with E-state index in [9.17, 15) is 0 Å². The van der Waals surface area contributed by atoms with Crippen LogP contribution in [0.4, 0.5) is 0 Å². The minimum atomic E-state index is 0.396. The summed E-state index contributed by atoms with van der Waals surface area (Å²) >= 11 is 3.47. The molecule has 0 saturated carbocycles. The lowest BCUT2D eigenvalue weighted by molar-refractivity contribution is -0.0342. The molecule has 1 rings (SSSR count). The van der Waals surface area contributed by atoms with Gasteiger partial charge in [0, 0.05) is 31.5 Å². The highest BCUT2D eigenvalue weighted by atomic mass is 79.9. The molecule has 84 valence electrons. The van der Waals surface area contributed by atoms with Gasteiger partial charge in [-0.2, -0.15) is 0 Å². The maximum atomic E-state index is 5.73. The molecule has 1 saturated heterocycles. The average molecular weight is 265 g/mol. The van der Waals surface area contributed by atoms with Gasteiger partial charge < -0.3 is 14.5 Å². The van der Waals surface area contributed by atoms with E-state index in [4.69, 9.17) is 4.74 Å². The summed E-state index contributed by atoms with van der Waals surface area (Å²) in [5.41, 5.74) is 0. The third-order valence-corrected chi connectivity index (χ3v) is 3.01. The first kappa shape index (κ1) is 12.4. The summed E-state index contributed by atoms with van der Waals surface area (Å²) in [4.78, 5) is 4.77. The van der Waals surface area contributed by atoms with Gasteiger partial charge >= 0.3 is 0 Å². The lowest BCUT2D eigenvalue weighted by atomic mass is 10.2. The summed E-state index contributed by atoms with van der Waals surface area (Å²) in [6, 6.07) is 0. The zero-order valence-corrected chi connectivity index (χ0v) is 10.8. The fourth-order valence-electron chi connectivity index (χ4n) is 1.76. The van der Waals surface area contributed by atoms with Gasteiger partial charge in [-0.25, -0.2) is 0 Å². The molecule has 1 aliphatic heterocycles. The van der Waals surface area contributed by atoms with Gasteiger partial charge in [-0.15, -0.1) is 0 Å². The van der Waals surface area contributed by atoms with Gasteiger partial charge in [0.2, 0.25) is 0 Å². The molecule has 0 amide bonds. The van der Waals surface area contributed by atoms with E-state index < -0.39 is 0 Å². The fourth-order valence-corrected chi connectivity index (χ4v) is 2.26. The first-order valence-corrected chi connectivity index (χ1v) is 6.47. The molecule has 1 atom stereocenters. The van der Waals surface area contributed by atoms with E-state index in [1.54, 1.807) is 0 Å². The topological polar surface area (TPSA) is 15.7 Å². The van der Waals surface area contributed by atoms with E-state index in [-0.39, 0.29) is 0 Å². The zero-order chi connectivity index (χ0) is 10.4. The van der Waals surface area contributed by atoms with Gasteiger partial charge in [0.25, 0.3) is 0 Å². The zero-order valence-electron chi connectivity index (χ0n) is 9.21. The number of halogens is 1. The van der Waals surface area contributed by atoms with Crippen LogP contribution < -0.4 is 0 Å². The van der Waals surface area contributed by atoms with Crippen LogP contribution in [-0.2, 0) is 4.74 Å². The molecule has 0 aromatic carbocycles. The number of morpholine rings is 1. The number of rotatable bonds is 5. The van der Waals surface area contributed by atoms with Crippen molar-refractivity contribution in [1.29, 1.82) is 0 Å². The van der Waals surface area contributed by atoms with Crippen molar-refractivity contribution in [2.75, 3.05) is 51.7 Å². The van der Waals surface area contributed by atoms with Crippen molar-refractivity contribution < 1.29 is 4.74 Å². The molecule has 1 fully saturated rings. The lowest BCUT2D eigenvalue weighted by Crippen LogP contribution is -2.46. The highest BCUT2D eigenvalue weighted by Crippen LogP contribution is 2.05. The van der Waals surface area contributed by atoms with Gasteiger partial charge in [0.1, 0.15) is 0 Å². The normalized spacial score (nSPS) is 24.4. The van der Waals surface area contributed by atoms with Crippen LogP contribution in [0.5, 0.6) is 0 Å². The Balaban J connectivity index is 2.26. The Morgan fingerprint density at radius 1 is 1.57 bits per heavy atom. The summed E-state index contributed by atoms with van der Waals surface area (Å²) in [6.07, 6.45) is 0.396. The van der Waals surface area contributed by atoms with Crippen molar-refractivity contribution in [3.63, 3.8) is 0 Å². The Morgan fingerprint density at radius 3 is 2.93 bits per heavy atom. The molecule has 1 aliphatic rings. The molecule has 4 heteroatoms. The van der Waals surface area contributed by atoms with Crippen LogP contribution in [0.15, 0.2) is 0 Å². The number of nitrogens with zero attached hydrogens (tertiary/aromatic N) is 2. The van der Waals surface area contributed by atoms with Crippen molar-refractivity contribution in [2.24, 2.45) is 0 Å². The molecule has 14 heavy (non-hydrogen) atoms. The molecule has 1 unspecified atom stereocenters. The van der Waals surface area contributed by atoms with Crippen molar-refractivity contribution in [3.8, 4) is 0 Å². The van der Waals surface area contributed by atoms with E-state index in [1.807, 2.05) is 0 Å². The molecule has 1 heterocycles. The molecule has 3 nitrogen and oxygen atoms in total. The number of hydrogen-bond donors (Lipinski definition) is 0. The Hall–Kier alpha value is 0.360. The van der Waals surface area contributed by atoms with Crippen molar-refractivity contribution in [1.82, 2.24) is 9.80 Å². The van der Waals surface area contributed by atoms with Gasteiger partial charge in [0.05, 0.1) is 12.7 Å². The van der Waals surface area contributed by atoms with Crippen LogP contribution >= 0.6 is 15.9 Å². The van der Waals surface area contributed by atoms with E-state index >= 15 is 0 Å². The first-order valence-electron chi connectivity index (χ1n) is 5.34. The summed E-state index contributed by atoms with van der Waals surface area (Å²) in [5, 5.41) is 1.05. The lowest BCUT2D eigenvalue weighted by Gasteiger charge is -2.33. The number of likely N-dealkylation sites (N-methyl/N-ethyl adjacent to an activating group) is 2. The van der Waals surface area contributed by atoms with E-state index in [2.05, 4.69) is 39.7 Å². The summed E-state index contributed by atoms with van der Waals surface area (Å²) < 4.78 is 5.73. The van der Waals surface area contributed by atoms with Crippen LogP contribution in [0.3, 0.4) is 0 Å². The smallest absolute Gasteiger partial charge is 0.0829 e. The number of ether oxygens (including phenoxy) is 1. The monoisotopic (exact) mass is 264 g/mol. The molecular formula is C10H21BrN2O. The highest BCUT2D eigenvalue weighted by Gasteiger charge is 2.19. The van der Waals surface area contributed by atoms with Crippen LogP contribution in [0.2, 0.25) is 0 Å². The Kier molecular flexibility index (Phi) is 6.01. The van der Waals surface area contributed by atoms with Crippen LogP contribution in [0, 0.1) is 0 Å². The second-order valence-electron chi connectivity index (χ2n) is 3.84. The second kappa shape index (κ2) is 6.77. The van der Waals surface area contributed by atoms with Crippen LogP contribution in [-0.4, -0.2) is 67.6 Å². The van der Waals surface area contributed by atoms with Crippen LogP contribution in [0.1, 0.15) is 6.92 Å². The third kappa shape index (κ3) is 4.26. The highest BCUT2D eigenvalue weighted by molar-refractivity contribution is 9.09. The molecule has 0 radical (unpaired) electrons. The predicted molar refractivity (Wildman–Crippen MR) is 63.1 cm³/mol. The van der Waals surface area contributed by atoms with Crippen LogP contribution in [0.25, 0.3) is 0 Å². The number of hydrogen-bond acceptors (Lipinski definition) is 3. The molecule has 0 aliphatic carbocycles. The molecule has 0 spiro atoms. The molecule has 0 aromatic heterocycles. The van der Waals surface area contributed by atoms with Gasteiger partial charge in [-0.1, -0.05) is 22.9 Å². The Labute approximate surface area is 95.5 Å². The van der Waals surface area contributed by atoms with E-state index in [0.717, 1.165) is 44.7 Å². The molecular weight excluding hydrogens is 244 g/mol. The summed E-state index contributed by atoms with van der Waals surface area (Å²) in [6.45, 7) is 8.50. The van der Waals surface area contributed by atoms with E-state index in [1.165, 1.54) is 0 Å². The maximum absolute atomic E-state index is 5.73. The van der Waals surface area contributed by atoms with Gasteiger partial charge in [-0.3, -0.25) is 0 Å². The molecule has 0 bridgehead atoms. The fraction of sp³-hybridized carbons (Fsp3) is 1.00.